The molecular formula is C10H17NO3S. The molecule has 0 spiro atoms. The van der Waals surface area contributed by atoms with E-state index in [-0.39, 0.29) is 29.4 Å². The van der Waals surface area contributed by atoms with Crippen molar-refractivity contribution >= 4 is 9.84 Å². The summed E-state index contributed by atoms with van der Waals surface area (Å²) in [6.45, 7) is 3.98. The molecule has 4 nitrogen and oxygen atoms in total. The van der Waals surface area contributed by atoms with Gasteiger partial charge in [-0.15, -0.1) is 0 Å². The van der Waals surface area contributed by atoms with Crippen molar-refractivity contribution in [2.45, 2.75) is 38.5 Å². The fourth-order valence-corrected chi connectivity index (χ4v) is 3.37. The van der Waals surface area contributed by atoms with E-state index in [1.807, 2.05) is 13.8 Å². The van der Waals surface area contributed by atoms with Gasteiger partial charge in [-0.2, -0.15) is 0 Å². The van der Waals surface area contributed by atoms with Gasteiger partial charge in [-0.1, -0.05) is 19.9 Å². The Morgan fingerprint density at radius 1 is 1.47 bits per heavy atom. The van der Waals surface area contributed by atoms with Crippen LogP contribution in [0.25, 0.3) is 0 Å². The van der Waals surface area contributed by atoms with Crippen LogP contribution in [-0.2, 0) is 9.84 Å². The highest BCUT2D eigenvalue weighted by molar-refractivity contribution is 7.94. The highest BCUT2D eigenvalue weighted by Crippen LogP contribution is 2.40. The third-order valence-corrected chi connectivity index (χ3v) is 4.96. The van der Waals surface area contributed by atoms with Crippen molar-refractivity contribution in [1.82, 2.24) is 5.32 Å². The van der Waals surface area contributed by atoms with Gasteiger partial charge in [-0.25, -0.2) is 8.42 Å². The summed E-state index contributed by atoms with van der Waals surface area (Å²) in [4.78, 5) is 0. The van der Waals surface area contributed by atoms with Gasteiger partial charge in [-0.05, 0) is 6.42 Å². The number of sulfone groups is 1. The van der Waals surface area contributed by atoms with Crippen molar-refractivity contribution in [3.8, 4) is 0 Å². The van der Waals surface area contributed by atoms with Crippen molar-refractivity contribution in [3.05, 3.63) is 11.5 Å². The lowest BCUT2D eigenvalue weighted by molar-refractivity contribution is -0.0737. The Bertz CT molecular complexity index is 385. The normalized spacial score (nSPS) is 41.4. The zero-order chi connectivity index (χ0) is 11.3. The van der Waals surface area contributed by atoms with Gasteiger partial charge in [0.05, 0.1) is 11.9 Å². The lowest BCUT2D eigenvalue weighted by atomic mass is 9.64. The Balaban J connectivity index is 1.94. The SMILES string of the molecule is CC1(C)C(O)CC1NC1C=CS(=O)(=O)C1. The fourth-order valence-electron chi connectivity index (χ4n) is 2.12. The molecule has 0 aromatic heterocycles. The molecule has 5 heteroatoms. The third-order valence-electron chi connectivity index (χ3n) is 3.56. The Hall–Kier alpha value is -0.390. The van der Waals surface area contributed by atoms with Gasteiger partial charge in [0, 0.05) is 22.9 Å². The summed E-state index contributed by atoms with van der Waals surface area (Å²) < 4.78 is 22.4. The maximum Gasteiger partial charge on any atom is 0.173 e. The van der Waals surface area contributed by atoms with E-state index in [0.29, 0.717) is 6.42 Å². The van der Waals surface area contributed by atoms with Crippen LogP contribution in [0.5, 0.6) is 0 Å². The Morgan fingerprint density at radius 3 is 2.53 bits per heavy atom. The van der Waals surface area contributed by atoms with Gasteiger partial charge < -0.3 is 10.4 Å². The van der Waals surface area contributed by atoms with Crippen LogP contribution in [0, 0.1) is 5.41 Å². The first-order valence-corrected chi connectivity index (χ1v) is 6.88. The van der Waals surface area contributed by atoms with E-state index in [1.54, 1.807) is 6.08 Å². The van der Waals surface area contributed by atoms with E-state index < -0.39 is 9.84 Å². The molecule has 0 radical (unpaired) electrons. The minimum Gasteiger partial charge on any atom is -0.392 e. The second-order valence-electron chi connectivity index (χ2n) is 5.06. The molecule has 1 heterocycles. The molecule has 2 aliphatic rings. The predicted octanol–water partition coefficient (Wildman–Crippen LogP) is 0.0461. The molecule has 0 bridgehead atoms. The van der Waals surface area contributed by atoms with Crippen LogP contribution in [0.15, 0.2) is 11.5 Å². The van der Waals surface area contributed by atoms with Crippen LogP contribution < -0.4 is 5.32 Å². The summed E-state index contributed by atoms with van der Waals surface area (Å²) in [5.41, 5.74) is -0.153. The molecule has 1 saturated carbocycles. The molecule has 3 unspecified atom stereocenters. The summed E-state index contributed by atoms with van der Waals surface area (Å²) >= 11 is 0. The molecule has 0 aromatic carbocycles. The van der Waals surface area contributed by atoms with Crippen LogP contribution in [0.2, 0.25) is 0 Å². The van der Waals surface area contributed by atoms with E-state index in [9.17, 15) is 13.5 Å². The minimum absolute atomic E-state index is 0.0909. The number of aliphatic hydroxyl groups excluding tert-OH is 1. The molecular weight excluding hydrogens is 214 g/mol. The fraction of sp³-hybridized carbons (Fsp3) is 0.800. The maximum atomic E-state index is 11.2. The number of hydrogen-bond donors (Lipinski definition) is 2. The molecule has 1 fully saturated rings. The van der Waals surface area contributed by atoms with Crippen molar-refractivity contribution in [1.29, 1.82) is 0 Å². The maximum absolute atomic E-state index is 11.2. The van der Waals surface area contributed by atoms with Gasteiger partial charge in [0.1, 0.15) is 0 Å². The van der Waals surface area contributed by atoms with Crippen LogP contribution in [0.1, 0.15) is 20.3 Å². The zero-order valence-electron chi connectivity index (χ0n) is 8.97. The Kier molecular flexibility index (Phi) is 2.44. The van der Waals surface area contributed by atoms with Crippen LogP contribution in [0.4, 0.5) is 0 Å². The number of aliphatic hydroxyl groups is 1. The van der Waals surface area contributed by atoms with Crippen LogP contribution >= 0.6 is 0 Å². The molecule has 15 heavy (non-hydrogen) atoms. The van der Waals surface area contributed by atoms with Crippen molar-refractivity contribution < 1.29 is 13.5 Å². The zero-order valence-corrected chi connectivity index (χ0v) is 9.79. The van der Waals surface area contributed by atoms with Crippen LogP contribution in [0.3, 0.4) is 0 Å². The van der Waals surface area contributed by atoms with E-state index in [4.69, 9.17) is 0 Å². The smallest absolute Gasteiger partial charge is 0.173 e. The number of nitrogens with one attached hydrogen (secondary N) is 1. The molecule has 86 valence electrons. The average molecular weight is 231 g/mol. The topological polar surface area (TPSA) is 66.4 Å². The lowest BCUT2D eigenvalue weighted by Crippen LogP contribution is -2.62. The first-order valence-electron chi connectivity index (χ1n) is 5.16. The summed E-state index contributed by atoms with van der Waals surface area (Å²) in [5, 5.41) is 14.1. The van der Waals surface area contributed by atoms with Gasteiger partial charge in [-0.3, -0.25) is 0 Å². The first-order chi connectivity index (χ1) is 6.81. The van der Waals surface area contributed by atoms with Gasteiger partial charge >= 0.3 is 0 Å². The molecule has 0 aromatic rings. The van der Waals surface area contributed by atoms with Crippen LogP contribution in [-0.4, -0.2) is 37.5 Å². The monoisotopic (exact) mass is 231 g/mol. The van der Waals surface area contributed by atoms with E-state index >= 15 is 0 Å². The summed E-state index contributed by atoms with van der Waals surface area (Å²) in [6, 6.07) is 0.113. The average Bonchev–Trinajstić information content (AvgIpc) is 2.45. The molecule has 2 N–H and O–H groups in total. The highest BCUT2D eigenvalue weighted by atomic mass is 32.2. The largest absolute Gasteiger partial charge is 0.392 e. The van der Waals surface area contributed by atoms with E-state index in [1.165, 1.54) is 5.41 Å². The Morgan fingerprint density at radius 2 is 2.13 bits per heavy atom. The van der Waals surface area contributed by atoms with Crippen molar-refractivity contribution in [2.75, 3.05) is 5.75 Å². The molecule has 1 aliphatic carbocycles. The molecule has 1 aliphatic heterocycles. The third kappa shape index (κ3) is 1.96. The first kappa shape index (κ1) is 11.1. The lowest BCUT2D eigenvalue weighted by Gasteiger charge is -2.50. The second kappa shape index (κ2) is 3.30. The molecule has 0 amide bonds. The molecule has 0 saturated heterocycles. The quantitative estimate of drug-likeness (QED) is 0.704. The van der Waals surface area contributed by atoms with Crippen molar-refractivity contribution in [3.63, 3.8) is 0 Å². The summed E-state index contributed by atoms with van der Waals surface area (Å²) in [5.74, 6) is 0.148. The van der Waals surface area contributed by atoms with Crippen molar-refractivity contribution in [2.24, 2.45) is 5.41 Å². The van der Waals surface area contributed by atoms with Gasteiger partial charge in [0.2, 0.25) is 0 Å². The standard InChI is InChI=1S/C10H17NO3S/c1-10(2)8(5-9(10)12)11-7-3-4-15(13,14)6-7/h3-4,7-9,11-12H,5-6H2,1-2H3. The van der Waals surface area contributed by atoms with Gasteiger partial charge in [0.15, 0.2) is 9.84 Å². The highest BCUT2D eigenvalue weighted by Gasteiger charge is 2.48. The minimum atomic E-state index is -2.98. The van der Waals surface area contributed by atoms with E-state index in [2.05, 4.69) is 5.32 Å². The predicted molar refractivity (Wildman–Crippen MR) is 58.0 cm³/mol. The Labute approximate surface area is 90.3 Å². The second-order valence-corrected chi connectivity index (χ2v) is 6.99. The van der Waals surface area contributed by atoms with Gasteiger partial charge in [0.25, 0.3) is 0 Å². The number of rotatable bonds is 2. The molecule has 2 rings (SSSR count). The van der Waals surface area contributed by atoms with E-state index in [0.717, 1.165) is 0 Å². The summed E-state index contributed by atoms with van der Waals surface area (Å²) in [7, 11) is -2.98. The number of hydrogen-bond acceptors (Lipinski definition) is 4. The molecule has 3 atom stereocenters. The summed E-state index contributed by atoms with van der Waals surface area (Å²) in [6.07, 6.45) is 2.12.